The lowest BCUT2D eigenvalue weighted by Gasteiger charge is -2.48. The van der Waals surface area contributed by atoms with Crippen LogP contribution in [-0.2, 0) is 4.74 Å². The standard InChI is InChI=1S/C11H19NO/c1-3-10(2)12-7-4-11(5-8-12)6-9-13-11/h3,10H,1,4-9H2,2H3. The molecule has 0 aliphatic carbocycles. The Hall–Kier alpha value is -0.340. The van der Waals surface area contributed by atoms with Crippen LogP contribution in [0.2, 0.25) is 0 Å². The van der Waals surface area contributed by atoms with Crippen LogP contribution in [0.5, 0.6) is 0 Å². The van der Waals surface area contributed by atoms with Crippen LogP contribution in [0.25, 0.3) is 0 Å². The van der Waals surface area contributed by atoms with Gasteiger partial charge in [-0.05, 0) is 26.2 Å². The molecule has 0 bridgehead atoms. The fourth-order valence-corrected chi connectivity index (χ4v) is 2.27. The van der Waals surface area contributed by atoms with E-state index in [1.54, 1.807) is 0 Å². The Kier molecular flexibility index (Phi) is 2.43. The zero-order chi connectivity index (χ0) is 9.31. The fourth-order valence-electron chi connectivity index (χ4n) is 2.27. The molecule has 0 saturated carbocycles. The van der Waals surface area contributed by atoms with Crippen molar-refractivity contribution in [1.29, 1.82) is 0 Å². The van der Waals surface area contributed by atoms with Crippen molar-refractivity contribution in [2.45, 2.75) is 37.8 Å². The van der Waals surface area contributed by atoms with Gasteiger partial charge in [0.15, 0.2) is 0 Å². The summed E-state index contributed by atoms with van der Waals surface area (Å²) in [4.78, 5) is 2.49. The molecule has 0 aromatic heterocycles. The Morgan fingerprint density at radius 1 is 1.38 bits per heavy atom. The van der Waals surface area contributed by atoms with Gasteiger partial charge in [0.2, 0.25) is 0 Å². The summed E-state index contributed by atoms with van der Waals surface area (Å²) >= 11 is 0. The van der Waals surface area contributed by atoms with Crippen molar-refractivity contribution in [2.75, 3.05) is 19.7 Å². The van der Waals surface area contributed by atoms with Gasteiger partial charge in [-0.3, -0.25) is 4.90 Å². The molecule has 2 fully saturated rings. The van der Waals surface area contributed by atoms with Crippen molar-refractivity contribution in [3.8, 4) is 0 Å². The molecule has 0 aromatic carbocycles. The van der Waals surface area contributed by atoms with Crippen LogP contribution in [-0.4, -0.2) is 36.2 Å². The smallest absolute Gasteiger partial charge is 0.0728 e. The van der Waals surface area contributed by atoms with Crippen LogP contribution < -0.4 is 0 Å². The van der Waals surface area contributed by atoms with Crippen LogP contribution >= 0.6 is 0 Å². The summed E-state index contributed by atoms with van der Waals surface area (Å²) in [6, 6.07) is 0.525. The van der Waals surface area contributed by atoms with Crippen molar-refractivity contribution in [2.24, 2.45) is 0 Å². The van der Waals surface area contributed by atoms with Crippen LogP contribution in [0.15, 0.2) is 12.7 Å². The van der Waals surface area contributed by atoms with Crippen molar-refractivity contribution in [3.63, 3.8) is 0 Å². The molecular formula is C11H19NO. The number of hydrogen-bond acceptors (Lipinski definition) is 2. The lowest BCUT2D eigenvalue weighted by molar-refractivity contribution is -0.173. The molecule has 2 heterocycles. The predicted molar refractivity (Wildman–Crippen MR) is 53.8 cm³/mol. The van der Waals surface area contributed by atoms with Gasteiger partial charge >= 0.3 is 0 Å². The highest BCUT2D eigenvalue weighted by atomic mass is 16.5. The second-order valence-corrected chi connectivity index (χ2v) is 4.29. The van der Waals surface area contributed by atoms with Crippen LogP contribution in [0, 0.1) is 0 Å². The van der Waals surface area contributed by atoms with Crippen LogP contribution in [0.1, 0.15) is 26.2 Å². The summed E-state index contributed by atoms with van der Waals surface area (Å²) in [5.41, 5.74) is 0.289. The molecule has 1 unspecified atom stereocenters. The summed E-state index contributed by atoms with van der Waals surface area (Å²) in [5.74, 6) is 0. The molecule has 1 atom stereocenters. The Morgan fingerprint density at radius 2 is 2.00 bits per heavy atom. The molecule has 2 aliphatic heterocycles. The first-order chi connectivity index (χ1) is 6.26. The molecule has 2 aliphatic rings. The second kappa shape index (κ2) is 3.43. The average molecular weight is 181 g/mol. The first-order valence-electron chi connectivity index (χ1n) is 5.26. The highest BCUT2D eigenvalue weighted by Gasteiger charge is 2.41. The molecule has 0 amide bonds. The van der Waals surface area contributed by atoms with Gasteiger partial charge < -0.3 is 4.74 Å². The van der Waals surface area contributed by atoms with E-state index in [1.165, 1.54) is 32.4 Å². The van der Waals surface area contributed by atoms with Gasteiger partial charge in [0.1, 0.15) is 0 Å². The molecule has 0 N–H and O–H groups in total. The van der Waals surface area contributed by atoms with E-state index < -0.39 is 0 Å². The van der Waals surface area contributed by atoms with Gasteiger partial charge in [-0.25, -0.2) is 0 Å². The molecule has 0 radical (unpaired) electrons. The molecule has 2 saturated heterocycles. The van der Waals surface area contributed by atoms with E-state index in [9.17, 15) is 0 Å². The van der Waals surface area contributed by atoms with E-state index in [-0.39, 0.29) is 5.60 Å². The molecule has 13 heavy (non-hydrogen) atoms. The average Bonchev–Trinajstić information content (AvgIpc) is 2.14. The number of hydrogen-bond donors (Lipinski definition) is 0. The minimum Gasteiger partial charge on any atom is -0.375 e. The molecular weight excluding hydrogens is 162 g/mol. The maximum atomic E-state index is 5.67. The third-order valence-electron chi connectivity index (χ3n) is 3.59. The fraction of sp³-hybridized carbons (Fsp3) is 0.818. The van der Waals surface area contributed by atoms with Gasteiger partial charge in [-0.15, -0.1) is 6.58 Å². The van der Waals surface area contributed by atoms with Crippen molar-refractivity contribution >= 4 is 0 Å². The van der Waals surface area contributed by atoms with E-state index in [4.69, 9.17) is 4.74 Å². The zero-order valence-electron chi connectivity index (χ0n) is 8.46. The highest BCUT2D eigenvalue weighted by Crippen LogP contribution is 2.37. The third-order valence-corrected chi connectivity index (χ3v) is 3.59. The Morgan fingerprint density at radius 3 is 2.38 bits per heavy atom. The number of piperidine rings is 1. The second-order valence-electron chi connectivity index (χ2n) is 4.29. The van der Waals surface area contributed by atoms with E-state index in [0.717, 1.165) is 6.61 Å². The number of likely N-dealkylation sites (tertiary alicyclic amines) is 1. The van der Waals surface area contributed by atoms with Crippen LogP contribution in [0.4, 0.5) is 0 Å². The van der Waals surface area contributed by atoms with E-state index in [1.807, 2.05) is 6.08 Å². The van der Waals surface area contributed by atoms with E-state index >= 15 is 0 Å². The van der Waals surface area contributed by atoms with Crippen molar-refractivity contribution < 1.29 is 4.74 Å². The summed E-state index contributed by atoms with van der Waals surface area (Å²) < 4.78 is 5.67. The summed E-state index contributed by atoms with van der Waals surface area (Å²) in [6.45, 7) is 9.38. The topological polar surface area (TPSA) is 12.5 Å². The van der Waals surface area contributed by atoms with Crippen molar-refractivity contribution in [3.05, 3.63) is 12.7 Å². The minimum absolute atomic E-state index is 0.289. The summed E-state index contributed by atoms with van der Waals surface area (Å²) in [7, 11) is 0. The monoisotopic (exact) mass is 181 g/mol. The number of rotatable bonds is 2. The lowest BCUT2D eigenvalue weighted by atomic mass is 9.84. The highest BCUT2D eigenvalue weighted by molar-refractivity contribution is 4.95. The largest absolute Gasteiger partial charge is 0.375 e. The normalized spacial score (nSPS) is 29.6. The third kappa shape index (κ3) is 1.65. The summed E-state index contributed by atoms with van der Waals surface area (Å²) in [6.07, 6.45) is 5.74. The number of ether oxygens (including phenoxy) is 1. The molecule has 2 heteroatoms. The molecule has 2 nitrogen and oxygen atoms in total. The maximum absolute atomic E-state index is 5.67. The SMILES string of the molecule is C=CC(C)N1CCC2(CCO2)CC1. The quantitative estimate of drug-likeness (QED) is 0.602. The zero-order valence-corrected chi connectivity index (χ0v) is 8.46. The summed E-state index contributed by atoms with van der Waals surface area (Å²) in [5, 5.41) is 0. The molecule has 0 aromatic rings. The predicted octanol–water partition coefficient (Wildman–Crippen LogP) is 1.82. The molecule has 2 rings (SSSR count). The molecule has 74 valence electrons. The number of nitrogens with zero attached hydrogens (tertiary/aromatic N) is 1. The van der Waals surface area contributed by atoms with E-state index in [0.29, 0.717) is 6.04 Å². The van der Waals surface area contributed by atoms with Gasteiger partial charge in [0.25, 0.3) is 0 Å². The first-order valence-corrected chi connectivity index (χ1v) is 5.26. The van der Waals surface area contributed by atoms with Gasteiger partial charge in [-0.2, -0.15) is 0 Å². The van der Waals surface area contributed by atoms with Crippen molar-refractivity contribution in [1.82, 2.24) is 4.90 Å². The Bertz CT molecular complexity index is 188. The Balaban J connectivity index is 1.85. The minimum atomic E-state index is 0.289. The molecule has 1 spiro atoms. The van der Waals surface area contributed by atoms with E-state index in [2.05, 4.69) is 18.4 Å². The Labute approximate surface area is 80.6 Å². The van der Waals surface area contributed by atoms with Gasteiger partial charge in [0, 0.05) is 19.1 Å². The van der Waals surface area contributed by atoms with Crippen LogP contribution in [0.3, 0.4) is 0 Å². The van der Waals surface area contributed by atoms with Gasteiger partial charge in [-0.1, -0.05) is 6.08 Å². The lowest BCUT2D eigenvalue weighted by Crippen LogP contribution is -2.53. The van der Waals surface area contributed by atoms with Gasteiger partial charge in [0.05, 0.1) is 12.2 Å². The first kappa shape index (κ1) is 9.22. The maximum Gasteiger partial charge on any atom is 0.0728 e.